The Labute approximate surface area is 123 Å². The molecular weight excluding hydrogens is 248 g/mol. The average Bonchev–Trinajstić information content (AvgIpc) is 2.70. The van der Waals surface area contributed by atoms with Crippen LogP contribution < -0.4 is 5.32 Å². The molecule has 1 fully saturated rings. The zero-order valence-corrected chi connectivity index (χ0v) is 13.8. The Bertz CT molecular complexity index is 424. The van der Waals surface area contributed by atoms with E-state index >= 15 is 0 Å². The van der Waals surface area contributed by atoms with E-state index in [0.717, 1.165) is 24.6 Å². The van der Waals surface area contributed by atoms with Gasteiger partial charge >= 0.3 is 0 Å². The summed E-state index contributed by atoms with van der Waals surface area (Å²) in [6, 6.07) is 2.70. The van der Waals surface area contributed by atoms with Gasteiger partial charge in [0.15, 0.2) is 0 Å². The number of aryl methyl sites for hydroxylation is 1. The highest BCUT2D eigenvalue weighted by Gasteiger charge is 2.25. The fourth-order valence-corrected chi connectivity index (χ4v) is 2.68. The molecule has 0 amide bonds. The molecule has 0 radical (unpaired) electrons. The molecule has 0 spiro atoms. The van der Waals surface area contributed by atoms with Crippen molar-refractivity contribution in [1.82, 2.24) is 10.2 Å². The lowest BCUT2D eigenvalue weighted by Crippen LogP contribution is -2.36. The Balaban J connectivity index is 1.89. The van der Waals surface area contributed by atoms with E-state index < -0.39 is 0 Å². The van der Waals surface area contributed by atoms with Gasteiger partial charge in [0.1, 0.15) is 11.5 Å². The van der Waals surface area contributed by atoms with Crippen molar-refractivity contribution in [3.05, 3.63) is 23.2 Å². The first-order valence-electron chi connectivity index (χ1n) is 7.90. The minimum absolute atomic E-state index is 0.493. The fraction of sp³-hybridized carbons (Fsp3) is 0.765. The standard InChI is InChI=1S/C17H30N2O/c1-13(2)18-11-16-14(3)10-15(20-16)12-19-8-6-17(4,5)7-9-19/h10,13,18H,6-9,11-12H2,1-5H3. The molecule has 3 heteroatoms. The third-order valence-electron chi connectivity index (χ3n) is 4.33. The van der Waals surface area contributed by atoms with Gasteiger partial charge in [-0.05, 0) is 49.9 Å². The Morgan fingerprint density at radius 3 is 2.55 bits per heavy atom. The molecule has 1 aliphatic heterocycles. The average molecular weight is 278 g/mol. The highest BCUT2D eigenvalue weighted by molar-refractivity contribution is 5.20. The number of nitrogens with one attached hydrogen (secondary N) is 1. The lowest BCUT2D eigenvalue weighted by Gasteiger charge is -2.36. The lowest BCUT2D eigenvalue weighted by atomic mass is 9.83. The zero-order valence-electron chi connectivity index (χ0n) is 13.8. The number of piperidine rings is 1. The molecule has 1 saturated heterocycles. The van der Waals surface area contributed by atoms with Crippen LogP contribution >= 0.6 is 0 Å². The maximum Gasteiger partial charge on any atom is 0.120 e. The van der Waals surface area contributed by atoms with E-state index in [0.29, 0.717) is 11.5 Å². The molecule has 1 aromatic rings. The largest absolute Gasteiger partial charge is 0.463 e. The normalized spacial score (nSPS) is 19.7. The molecule has 0 aromatic carbocycles. The number of furan rings is 1. The quantitative estimate of drug-likeness (QED) is 0.890. The van der Waals surface area contributed by atoms with E-state index in [1.165, 1.54) is 31.5 Å². The van der Waals surface area contributed by atoms with Crippen molar-refractivity contribution in [2.75, 3.05) is 13.1 Å². The summed E-state index contributed by atoms with van der Waals surface area (Å²) in [4.78, 5) is 2.52. The second-order valence-corrected chi connectivity index (χ2v) is 7.29. The molecule has 0 bridgehead atoms. The first-order valence-corrected chi connectivity index (χ1v) is 7.90. The van der Waals surface area contributed by atoms with Crippen molar-refractivity contribution < 1.29 is 4.42 Å². The monoisotopic (exact) mass is 278 g/mol. The predicted octanol–water partition coefficient (Wildman–Crippen LogP) is 3.71. The fourth-order valence-electron chi connectivity index (χ4n) is 2.68. The van der Waals surface area contributed by atoms with Gasteiger partial charge in [-0.15, -0.1) is 0 Å². The summed E-state index contributed by atoms with van der Waals surface area (Å²) in [6.45, 7) is 15.4. The van der Waals surface area contributed by atoms with Crippen molar-refractivity contribution in [2.24, 2.45) is 5.41 Å². The van der Waals surface area contributed by atoms with Crippen LogP contribution in [0.3, 0.4) is 0 Å². The number of likely N-dealkylation sites (tertiary alicyclic amines) is 1. The summed E-state index contributed by atoms with van der Waals surface area (Å²) in [6.07, 6.45) is 2.57. The zero-order chi connectivity index (χ0) is 14.8. The number of rotatable bonds is 5. The van der Waals surface area contributed by atoms with Crippen LogP contribution in [0.1, 0.15) is 57.6 Å². The first kappa shape index (κ1) is 15.6. The van der Waals surface area contributed by atoms with E-state index in [-0.39, 0.29) is 0 Å². The third-order valence-corrected chi connectivity index (χ3v) is 4.33. The van der Waals surface area contributed by atoms with Gasteiger partial charge in [0.2, 0.25) is 0 Å². The molecule has 1 aromatic heterocycles. The highest BCUT2D eigenvalue weighted by Crippen LogP contribution is 2.30. The van der Waals surface area contributed by atoms with Crippen molar-refractivity contribution in [3.63, 3.8) is 0 Å². The third kappa shape index (κ3) is 4.35. The Kier molecular flexibility index (Phi) is 4.92. The molecule has 1 N–H and O–H groups in total. The van der Waals surface area contributed by atoms with E-state index in [2.05, 4.69) is 50.9 Å². The minimum atomic E-state index is 0.493. The van der Waals surface area contributed by atoms with Gasteiger partial charge in [-0.1, -0.05) is 27.7 Å². The Hall–Kier alpha value is -0.800. The van der Waals surface area contributed by atoms with Gasteiger partial charge in [0.05, 0.1) is 13.1 Å². The van der Waals surface area contributed by atoms with E-state index in [1.54, 1.807) is 0 Å². The van der Waals surface area contributed by atoms with E-state index in [9.17, 15) is 0 Å². The van der Waals surface area contributed by atoms with Gasteiger partial charge < -0.3 is 9.73 Å². The number of nitrogens with zero attached hydrogens (tertiary/aromatic N) is 1. The maximum atomic E-state index is 6.02. The van der Waals surface area contributed by atoms with Crippen LogP contribution in [0.5, 0.6) is 0 Å². The topological polar surface area (TPSA) is 28.4 Å². The Morgan fingerprint density at radius 2 is 1.95 bits per heavy atom. The van der Waals surface area contributed by atoms with E-state index in [1.807, 2.05) is 0 Å². The van der Waals surface area contributed by atoms with Gasteiger partial charge in [0.25, 0.3) is 0 Å². The van der Waals surface area contributed by atoms with Crippen LogP contribution in [0.2, 0.25) is 0 Å². The van der Waals surface area contributed by atoms with Crippen LogP contribution in [-0.2, 0) is 13.1 Å². The molecule has 114 valence electrons. The minimum Gasteiger partial charge on any atom is -0.463 e. The summed E-state index contributed by atoms with van der Waals surface area (Å²) in [5, 5.41) is 3.42. The lowest BCUT2D eigenvalue weighted by molar-refractivity contribution is 0.119. The molecule has 2 heterocycles. The molecular formula is C17H30N2O. The van der Waals surface area contributed by atoms with Gasteiger partial charge in [-0.2, -0.15) is 0 Å². The second kappa shape index (κ2) is 6.31. The van der Waals surface area contributed by atoms with Crippen molar-refractivity contribution >= 4 is 0 Å². The van der Waals surface area contributed by atoms with E-state index in [4.69, 9.17) is 4.42 Å². The summed E-state index contributed by atoms with van der Waals surface area (Å²) in [5.41, 5.74) is 1.78. The molecule has 0 saturated carbocycles. The van der Waals surface area contributed by atoms with Crippen molar-refractivity contribution in [3.8, 4) is 0 Å². The molecule has 3 nitrogen and oxygen atoms in total. The SMILES string of the molecule is Cc1cc(CN2CCC(C)(C)CC2)oc1CNC(C)C. The van der Waals surface area contributed by atoms with Gasteiger partial charge in [0, 0.05) is 6.04 Å². The number of hydrogen-bond donors (Lipinski definition) is 1. The molecule has 0 unspecified atom stereocenters. The van der Waals surface area contributed by atoms with Crippen molar-refractivity contribution in [2.45, 2.75) is 66.6 Å². The number of hydrogen-bond acceptors (Lipinski definition) is 3. The van der Waals surface area contributed by atoms with Crippen LogP contribution in [0.15, 0.2) is 10.5 Å². The summed E-state index contributed by atoms with van der Waals surface area (Å²) in [7, 11) is 0. The Morgan fingerprint density at radius 1 is 1.30 bits per heavy atom. The van der Waals surface area contributed by atoms with Crippen LogP contribution in [0, 0.1) is 12.3 Å². The summed E-state index contributed by atoms with van der Waals surface area (Å²) >= 11 is 0. The molecule has 0 atom stereocenters. The molecule has 0 aliphatic carbocycles. The predicted molar refractivity (Wildman–Crippen MR) is 83.7 cm³/mol. The maximum absolute atomic E-state index is 6.02. The molecule has 2 rings (SSSR count). The molecule has 20 heavy (non-hydrogen) atoms. The first-order chi connectivity index (χ1) is 9.35. The van der Waals surface area contributed by atoms with Gasteiger partial charge in [-0.3, -0.25) is 4.90 Å². The second-order valence-electron chi connectivity index (χ2n) is 7.29. The molecule has 1 aliphatic rings. The van der Waals surface area contributed by atoms with Crippen LogP contribution in [-0.4, -0.2) is 24.0 Å². The summed E-state index contributed by atoms with van der Waals surface area (Å²) < 4.78 is 6.02. The van der Waals surface area contributed by atoms with Crippen LogP contribution in [0.25, 0.3) is 0 Å². The van der Waals surface area contributed by atoms with Crippen molar-refractivity contribution in [1.29, 1.82) is 0 Å². The highest BCUT2D eigenvalue weighted by atomic mass is 16.3. The van der Waals surface area contributed by atoms with Crippen LogP contribution in [0.4, 0.5) is 0 Å². The smallest absolute Gasteiger partial charge is 0.120 e. The van der Waals surface area contributed by atoms with Gasteiger partial charge in [-0.25, -0.2) is 0 Å². The summed E-state index contributed by atoms with van der Waals surface area (Å²) in [5.74, 6) is 2.20.